The van der Waals surface area contributed by atoms with Crippen molar-refractivity contribution in [2.45, 2.75) is 70.8 Å². The number of piperidine rings is 1. The molecule has 1 aliphatic carbocycles. The van der Waals surface area contributed by atoms with Gasteiger partial charge in [0.25, 0.3) is 0 Å². The summed E-state index contributed by atoms with van der Waals surface area (Å²) >= 11 is 0. The standard InChI is InChI=1S/C20H40N4O/c1-19(2,24-13-8-5-9-14-24)16-22-18(21-3)23-17-20(12-15-25-4)10-6-7-11-20/h5-17H2,1-4H3,(H2,21,22,23). The van der Waals surface area contributed by atoms with E-state index in [1.54, 1.807) is 7.11 Å². The van der Waals surface area contributed by atoms with Crippen molar-refractivity contribution < 1.29 is 4.74 Å². The lowest BCUT2D eigenvalue weighted by Crippen LogP contribution is -2.55. The van der Waals surface area contributed by atoms with Gasteiger partial charge in [-0.2, -0.15) is 0 Å². The Bertz CT molecular complexity index is 410. The first-order valence-electron chi connectivity index (χ1n) is 10.2. The van der Waals surface area contributed by atoms with Crippen LogP contribution >= 0.6 is 0 Å². The fourth-order valence-corrected chi connectivity index (χ4v) is 4.36. The summed E-state index contributed by atoms with van der Waals surface area (Å²) in [6.45, 7) is 9.92. The lowest BCUT2D eigenvalue weighted by Gasteiger charge is -2.41. The Morgan fingerprint density at radius 3 is 2.36 bits per heavy atom. The van der Waals surface area contributed by atoms with Crippen LogP contribution in [0.25, 0.3) is 0 Å². The maximum absolute atomic E-state index is 5.34. The minimum Gasteiger partial charge on any atom is -0.385 e. The molecule has 1 saturated carbocycles. The fourth-order valence-electron chi connectivity index (χ4n) is 4.36. The highest BCUT2D eigenvalue weighted by Crippen LogP contribution is 2.40. The van der Waals surface area contributed by atoms with E-state index >= 15 is 0 Å². The number of nitrogens with zero attached hydrogens (tertiary/aromatic N) is 2. The van der Waals surface area contributed by atoms with Crippen LogP contribution in [0.2, 0.25) is 0 Å². The molecule has 0 bridgehead atoms. The molecule has 0 aromatic carbocycles. The molecule has 0 atom stereocenters. The number of methoxy groups -OCH3 is 1. The molecule has 0 aromatic rings. The van der Waals surface area contributed by atoms with E-state index in [0.717, 1.165) is 32.1 Å². The van der Waals surface area contributed by atoms with Crippen molar-refractivity contribution in [1.29, 1.82) is 0 Å². The molecule has 1 saturated heterocycles. The molecule has 0 unspecified atom stereocenters. The molecule has 5 heteroatoms. The maximum atomic E-state index is 5.34. The predicted molar refractivity (Wildman–Crippen MR) is 106 cm³/mol. The SMILES string of the molecule is CN=C(NCC1(CCOC)CCCC1)NCC(C)(C)N1CCCCC1. The van der Waals surface area contributed by atoms with Crippen LogP contribution in [0, 0.1) is 5.41 Å². The second-order valence-corrected chi connectivity index (χ2v) is 8.59. The number of rotatable bonds is 8. The number of nitrogens with one attached hydrogen (secondary N) is 2. The number of guanidine groups is 1. The molecule has 2 aliphatic rings. The van der Waals surface area contributed by atoms with Gasteiger partial charge in [0, 0.05) is 39.4 Å². The minimum atomic E-state index is 0.166. The second kappa shape index (κ2) is 9.77. The van der Waals surface area contributed by atoms with Crippen LogP contribution in [-0.4, -0.2) is 63.3 Å². The van der Waals surface area contributed by atoms with E-state index in [4.69, 9.17) is 4.74 Å². The van der Waals surface area contributed by atoms with Crippen molar-refractivity contribution in [3.63, 3.8) is 0 Å². The summed E-state index contributed by atoms with van der Waals surface area (Å²) in [7, 11) is 3.68. The quantitative estimate of drug-likeness (QED) is 0.521. The number of aliphatic imine (C=N–C) groups is 1. The third kappa shape index (κ3) is 6.14. The molecule has 2 rings (SSSR count). The van der Waals surface area contributed by atoms with Gasteiger partial charge in [0.1, 0.15) is 0 Å². The van der Waals surface area contributed by atoms with Gasteiger partial charge in [-0.05, 0) is 64.5 Å². The van der Waals surface area contributed by atoms with Crippen LogP contribution in [0.1, 0.15) is 65.2 Å². The molecular formula is C20H40N4O. The Morgan fingerprint density at radius 2 is 1.76 bits per heavy atom. The lowest BCUT2D eigenvalue weighted by atomic mass is 9.83. The smallest absolute Gasteiger partial charge is 0.191 e. The molecule has 146 valence electrons. The fraction of sp³-hybridized carbons (Fsp3) is 0.950. The molecule has 25 heavy (non-hydrogen) atoms. The Kier molecular flexibility index (Phi) is 8.01. The van der Waals surface area contributed by atoms with Crippen LogP contribution in [-0.2, 0) is 4.74 Å². The Labute approximate surface area is 155 Å². The second-order valence-electron chi connectivity index (χ2n) is 8.59. The van der Waals surface area contributed by atoms with Gasteiger partial charge in [-0.1, -0.05) is 19.3 Å². The zero-order chi connectivity index (χ0) is 18.2. The number of hydrogen-bond acceptors (Lipinski definition) is 3. The van der Waals surface area contributed by atoms with Gasteiger partial charge < -0.3 is 15.4 Å². The summed E-state index contributed by atoms with van der Waals surface area (Å²) in [5, 5.41) is 7.17. The molecule has 2 fully saturated rings. The van der Waals surface area contributed by atoms with E-state index in [2.05, 4.69) is 34.4 Å². The van der Waals surface area contributed by atoms with Crippen LogP contribution < -0.4 is 10.6 Å². The maximum Gasteiger partial charge on any atom is 0.191 e. The van der Waals surface area contributed by atoms with Crippen LogP contribution in [0.3, 0.4) is 0 Å². The van der Waals surface area contributed by atoms with E-state index in [0.29, 0.717) is 5.41 Å². The molecule has 0 amide bonds. The molecule has 0 radical (unpaired) electrons. The summed E-state index contributed by atoms with van der Waals surface area (Å²) in [4.78, 5) is 7.07. The van der Waals surface area contributed by atoms with Gasteiger partial charge in [-0.25, -0.2) is 0 Å². The van der Waals surface area contributed by atoms with Gasteiger partial charge in [0.05, 0.1) is 0 Å². The van der Waals surface area contributed by atoms with Crippen LogP contribution in [0.15, 0.2) is 4.99 Å². The summed E-state index contributed by atoms with van der Waals surface area (Å²) in [6.07, 6.45) is 10.5. The van der Waals surface area contributed by atoms with E-state index < -0.39 is 0 Å². The summed E-state index contributed by atoms with van der Waals surface area (Å²) in [6, 6.07) is 0. The third-order valence-electron chi connectivity index (χ3n) is 6.26. The number of likely N-dealkylation sites (tertiary alicyclic amines) is 1. The highest BCUT2D eigenvalue weighted by Gasteiger charge is 2.34. The summed E-state index contributed by atoms with van der Waals surface area (Å²) in [5.74, 6) is 0.939. The molecule has 2 N–H and O–H groups in total. The van der Waals surface area contributed by atoms with Gasteiger partial charge >= 0.3 is 0 Å². The van der Waals surface area contributed by atoms with E-state index in [1.165, 1.54) is 58.0 Å². The molecule has 1 aliphatic heterocycles. The Hall–Kier alpha value is -0.810. The van der Waals surface area contributed by atoms with Crippen molar-refractivity contribution in [2.24, 2.45) is 10.4 Å². The van der Waals surface area contributed by atoms with Gasteiger partial charge in [0.15, 0.2) is 5.96 Å². The molecule has 0 aromatic heterocycles. The zero-order valence-corrected chi connectivity index (χ0v) is 17.0. The third-order valence-corrected chi connectivity index (χ3v) is 6.26. The molecule has 1 heterocycles. The van der Waals surface area contributed by atoms with Gasteiger partial charge in [-0.3, -0.25) is 9.89 Å². The van der Waals surface area contributed by atoms with Gasteiger partial charge in [0.2, 0.25) is 0 Å². The highest BCUT2D eigenvalue weighted by atomic mass is 16.5. The van der Waals surface area contributed by atoms with Crippen LogP contribution in [0.5, 0.6) is 0 Å². The minimum absolute atomic E-state index is 0.166. The van der Waals surface area contributed by atoms with Crippen molar-refractivity contribution >= 4 is 5.96 Å². The number of ether oxygens (including phenoxy) is 1. The van der Waals surface area contributed by atoms with E-state index in [-0.39, 0.29) is 5.54 Å². The predicted octanol–water partition coefficient (Wildman–Crippen LogP) is 3.01. The van der Waals surface area contributed by atoms with Crippen molar-refractivity contribution in [1.82, 2.24) is 15.5 Å². The number of hydrogen-bond donors (Lipinski definition) is 2. The average molecular weight is 353 g/mol. The van der Waals surface area contributed by atoms with Crippen molar-refractivity contribution in [3.05, 3.63) is 0 Å². The average Bonchev–Trinajstić information content (AvgIpc) is 3.10. The monoisotopic (exact) mass is 352 g/mol. The Balaban J connectivity index is 1.81. The first kappa shape index (κ1) is 20.5. The van der Waals surface area contributed by atoms with Crippen molar-refractivity contribution in [3.8, 4) is 0 Å². The van der Waals surface area contributed by atoms with Crippen molar-refractivity contribution in [2.75, 3.05) is 46.9 Å². The molecular weight excluding hydrogens is 312 g/mol. The van der Waals surface area contributed by atoms with E-state index in [9.17, 15) is 0 Å². The Morgan fingerprint density at radius 1 is 1.08 bits per heavy atom. The largest absolute Gasteiger partial charge is 0.385 e. The topological polar surface area (TPSA) is 48.9 Å². The molecule has 0 spiro atoms. The zero-order valence-electron chi connectivity index (χ0n) is 17.0. The normalized spacial score (nSPS) is 22.2. The first-order chi connectivity index (χ1) is 12.0. The summed E-state index contributed by atoms with van der Waals surface area (Å²) in [5.41, 5.74) is 0.551. The van der Waals surface area contributed by atoms with E-state index in [1.807, 2.05) is 7.05 Å². The molecule has 5 nitrogen and oxygen atoms in total. The van der Waals surface area contributed by atoms with Crippen LogP contribution in [0.4, 0.5) is 0 Å². The first-order valence-corrected chi connectivity index (χ1v) is 10.2. The lowest BCUT2D eigenvalue weighted by molar-refractivity contribution is 0.0981. The summed E-state index contributed by atoms with van der Waals surface area (Å²) < 4.78 is 5.34. The highest BCUT2D eigenvalue weighted by molar-refractivity contribution is 5.79. The van der Waals surface area contributed by atoms with Gasteiger partial charge in [-0.15, -0.1) is 0 Å².